The first-order valence-electron chi connectivity index (χ1n) is 8.20. The molecule has 7 nitrogen and oxygen atoms in total. The van der Waals surface area contributed by atoms with Gasteiger partial charge in [0.25, 0.3) is 0 Å². The van der Waals surface area contributed by atoms with E-state index in [1.54, 1.807) is 19.5 Å². The highest BCUT2D eigenvalue weighted by Gasteiger charge is 2.22. The molecular formula is C17H27N3O4. The average molecular weight is 337 g/mol. The second kappa shape index (κ2) is 7.81. The first-order chi connectivity index (χ1) is 11.3. The van der Waals surface area contributed by atoms with E-state index in [1.807, 2.05) is 20.8 Å². The van der Waals surface area contributed by atoms with E-state index in [9.17, 15) is 9.90 Å². The number of methoxy groups -OCH3 is 1. The molecule has 1 aliphatic rings. The van der Waals surface area contributed by atoms with E-state index in [4.69, 9.17) is 9.47 Å². The Bertz CT molecular complexity index is 571. The molecule has 1 aromatic rings. The molecule has 1 saturated heterocycles. The summed E-state index contributed by atoms with van der Waals surface area (Å²) in [5.41, 5.74) is 0.809. The van der Waals surface area contributed by atoms with E-state index in [1.165, 1.54) is 0 Å². The molecule has 0 bridgehead atoms. The molecule has 1 atom stereocenters. The highest BCUT2D eigenvalue weighted by molar-refractivity contribution is 5.86. The lowest BCUT2D eigenvalue weighted by molar-refractivity contribution is 0.0628. The Labute approximate surface area is 143 Å². The van der Waals surface area contributed by atoms with Crippen LogP contribution in [-0.4, -0.2) is 53.0 Å². The van der Waals surface area contributed by atoms with Gasteiger partial charge in [0.2, 0.25) is 0 Å². The van der Waals surface area contributed by atoms with Crippen molar-refractivity contribution in [2.75, 3.05) is 25.5 Å². The van der Waals surface area contributed by atoms with Crippen molar-refractivity contribution in [3.05, 3.63) is 18.0 Å². The molecule has 0 aromatic carbocycles. The number of β-amino-alcohol motifs (C(OH)–C–C–N with tert-alkyl or cyclic N) is 1. The summed E-state index contributed by atoms with van der Waals surface area (Å²) in [6, 6.07) is 0. The van der Waals surface area contributed by atoms with E-state index >= 15 is 0 Å². The third kappa shape index (κ3) is 5.35. The van der Waals surface area contributed by atoms with E-state index in [2.05, 4.69) is 15.2 Å². The van der Waals surface area contributed by atoms with E-state index in [-0.39, 0.29) is 6.10 Å². The minimum Gasteiger partial charge on any atom is -0.495 e. The van der Waals surface area contributed by atoms with Crippen molar-refractivity contribution in [1.82, 2.24) is 9.88 Å². The standard InChI is InChI=1S/C17H27N3O4/c1-17(2,3)24-16(22)19-14-8-18-9-15(23-4)13(14)11-20-7-5-6-12(21)10-20/h8-9,12,21H,5-7,10-11H2,1-4H3,(H,19,22). The maximum absolute atomic E-state index is 12.1. The lowest BCUT2D eigenvalue weighted by Gasteiger charge is -2.31. The van der Waals surface area contributed by atoms with Gasteiger partial charge in [-0.05, 0) is 40.2 Å². The summed E-state index contributed by atoms with van der Waals surface area (Å²) in [6.07, 6.45) is 4.14. The lowest BCUT2D eigenvalue weighted by Crippen LogP contribution is -2.38. The summed E-state index contributed by atoms with van der Waals surface area (Å²) in [6.45, 7) is 7.50. The van der Waals surface area contributed by atoms with Crippen LogP contribution >= 0.6 is 0 Å². The number of pyridine rings is 1. The van der Waals surface area contributed by atoms with Crippen LogP contribution in [0.2, 0.25) is 0 Å². The molecule has 24 heavy (non-hydrogen) atoms. The minimum atomic E-state index is -0.576. The van der Waals surface area contributed by atoms with Gasteiger partial charge in [-0.2, -0.15) is 0 Å². The molecule has 2 N–H and O–H groups in total. The third-order valence-corrected chi connectivity index (χ3v) is 3.74. The molecule has 0 radical (unpaired) electrons. The Hall–Kier alpha value is -1.86. The SMILES string of the molecule is COc1cncc(NC(=O)OC(C)(C)C)c1CN1CCCC(O)C1. The molecule has 1 aromatic heterocycles. The Kier molecular flexibility index (Phi) is 6.01. The number of aromatic nitrogens is 1. The van der Waals surface area contributed by atoms with Crippen molar-refractivity contribution in [1.29, 1.82) is 0 Å². The fourth-order valence-corrected chi connectivity index (χ4v) is 2.73. The van der Waals surface area contributed by atoms with Gasteiger partial charge in [-0.15, -0.1) is 0 Å². The van der Waals surface area contributed by atoms with E-state index in [0.29, 0.717) is 24.5 Å². The van der Waals surface area contributed by atoms with Crippen LogP contribution in [0.3, 0.4) is 0 Å². The van der Waals surface area contributed by atoms with Gasteiger partial charge in [0, 0.05) is 18.7 Å². The quantitative estimate of drug-likeness (QED) is 0.878. The van der Waals surface area contributed by atoms with Crippen LogP contribution in [0.4, 0.5) is 10.5 Å². The Balaban J connectivity index is 2.17. The summed E-state index contributed by atoms with van der Waals surface area (Å²) < 4.78 is 10.7. The highest BCUT2D eigenvalue weighted by Crippen LogP contribution is 2.28. The van der Waals surface area contributed by atoms with Crippen LogP contribution < -0.4 is 10.1 Å². The maximum Gasteiger partial charge on any atom is 0.412 e. The Morgan fingerprint density at radius 1 is 1.46 bits per heavy atom. The van der Waals surface area contributed by atoms with Crippen molar-refractivity contribution in [3.8, 4) is 5.75 Å². The number of hydrogen-bond donors (Lipinski definition) is 2. The fourth-order valence-electron chi connectivity index (χ4n) is 2.73. The predicted molar refractivity (Wildman–Crippen MR) is 91.2 cm³/mol. The number of amides is 1. The normalized spacial score (nSPS) is 19.0. The summed E-state index contributed by atoms with van der Waals surface area (Å²) in [7, 11) is 1.57. The van der Waals surface area contributed by atoms with Gasteiger partial charge < -0.3 is 14.6 Å². The van der Waals surface area contributed by atoms with Crippen molar-refractivity contribution in [2.24, 2.45) is 0 Å². The van der Waals surface area contributed by atoms with Crippen LogP contribution in [0.1, 0.15) is 39.2 Å². The van der Waals surface area contributed by atoms with Gasteiger partial charge in [-0.1, -0.05) is 0 Å². The van der Waals surface area contributed by atoms with Gasteiger partial charge >= 0.3 is 6.09 Å². The Morgan fingerprint density at radius 3 is 2.83 bits per heavy atom. The smallest absolute Gasteiger partial charge is 0.412 e. The predicted octanol–water partition coefficient (Wildman–Crippen LogP) is 2.39. The number of hydrogen-bond acceptors (Lipinski definition) is 6. The fraction of sp³-hybridized carbons (Fsp3) is 0.647. The van der Waals surface area contributed by atoms with Gasteiger partial charge in [-0.25, -0.2) is 4.79 Å². The molecule has 0 aliphatic carbocycles. The highest BCUT2D eigenvalue weighted by atomic mass is 16.6. The van der Waals surface area contributed by atoms with E-state index in [0.717, 1.165) is 24.9 Å². The van der Waals surface area contributed by atoms with Crippen LogP contribution in [0.5, 0.6) is 5.75 Å². The summed E-state index contributed by atoms with van der Waals surface area (Å²) in [5, 5.41) is 12.6. The van der Waals surface area contributed by atoms with Gasteiger partial charge in [-0.3, -0.25) is 15.2 Å². The zero-order chi connectivity index (χ0) is 17.7. The van der Waals surface area contributed by atoms with Crippen molar-refractivity contribution in [3.63, 3.8) is 0 Å². The van der Waals surface area contributed by atoms with Gasteiger partial charge in [0.05, 0.1) is 31.3 Å². The minimum absolute atomic E-state index is 0.311. The molecule has 7 heteroatoms. The molecule has 1 aliphatic heterocycles. The number of ether oxygens (including phenoxy) is 2. The largest absolute Gasteiger partial charge is 0.495 e. The molecule has 0 saturated carbocycles. The van der Waals surface area contributed by atoms with Crippen molar-refractivity contribution < 1.29 is 19.4 Å². The number of piperidine rings is 1. The van der Waals surface area contributed by atoms with Crippen LogP contribution in [0, 0.1) is 0 Å². The first kappa shape index (κ1) is 18.5. The zero-order valence-corrected chi connectivity index (χ0v) is 14.8. The number of likely N-dealkylation sites (tertiary alicyclic amines) is 1. The summed E-state index contributed by atoms with van der Waals surface area (Å²) in [5.74, 6) is 0.601. The van der Waals surface area contributed by atoms with Crippen LogP contribution in [0.25, 0.3) is 0 Å². The molecule has 134 valence electrons. The second-order valence-electron chi connectivity index (χ2n) is 7.03. The van der Waals surface area contributed by atoms with Crippen LogP contribution in [-0.2, 0) is 11.3 Å². The van der Waals surface area contributed by atoms with Crippen LogP contribution in [0.15, 0.2) is 12.4 Å². The molecule has 1 fully saturated rings. The zero-order valence-electron chi connectivity index (χ0n) is 14.8. The molecular weight excluding hydrogens is 310 g/mol. The second-order valence-corrected chi connectivity index (χ2v) is 7.03. The number of carbonyl (C=O) groups excluding carboxylic acids is 1. The number of nitrogens with one attached hydrogen (secondary N) is 1. The molecule has 2 heterocycles. The first-order valence-corrected chi connectivity index (χ1v) is 8.20. The molecule has 1 unspecified atom stereocenters. The lowest BCUT2D eigenvalue weighted by atomic mass is 10.1. The number of anilines is 1. The number of aliphatic hydroxyl groups is 1. The van der Waals surface area contributed by atoms with Crippen molar-refractivity contribution in [2.45, 2.75) is 51.9 Å². The van der Waals surface area contributed by atoms with Gasteiger partial charge in [0.1, 0.15) is 11.4 Å². The monoisotopic (exact) mass is 337 g/mol. The topological polar surface area (TPSA) is 83.9 Å². The number of nitrogens with zero attached hydrogens (tertiary/aromatic N) is 2. The number of aliphatic hydroxyl groups excluding tert-OH is 1. The summed E-state index contributed by atoms with van der Waals surface area (Å²) >= 11 is 0. The van der Waals surface area contributed by atoms with E-state index < -0.39 is 11.7 Å². The molecule has 2 rings (SSSR count). The average Bonchev–Trinajstić information content (AvgIpc) is 2.47. The summed E-state index contributed by atoms with van der Waals surface area (Å²) in [4.78, 5) is 18.3. The number of carbonyl (C=O) groups is 1. The maximum atomic E-state index is 12.1. The third-order valence-electron chi connectivity index (χ3n) is 3.74. The molecule has 0 spiro atoms. The molecule has 1 amide bonds. The van der Waals surface area contributed by atoms with Gasteiger partial charge in [0.15, 0.2) is 0 Å². The number of rotatable bonds is 4. The Morgan fingerprint density at radius 2 is 2.21 bits per heavy atom. The van der Waals surface area contributed by atoms with Crippen molar-refractivity contribution >= 4 is 11.8 Å².